The van der Waals surface area contributed by atoms with Crippen molar-refractivity contribution in [3.8, 4) is 5.75 Å². The number of aromatic hydroxyl groups is 1. The summed E-state index contributed by atoms with van der Waals surface area (Å²) in [6.45, 7) is 11.8. The molecule has 2 N–H and O–H groups in total. The summed E-state index contributed by atoms with van der Waals surface area (Å²) in [7, 11) is 2.65. The average Bonchev–Trinajstić information content (AvgIpc) is 2.60. The summed E-state index contributed by atoms with van der Waals surface area (Å²) in [5.74, 6) is 0.488. The molecule has 0 saturated heterocycles. The van der Waals surface area contributed by atoms with Gasteiger partial charge in [-0.15, -0.1) is 0 Å². The minimum absolute atomic E-state index is 0.00970. The lowest BCUT2D eigenvalue weighted by Crippen LogP contribution is -2.26. The molecule has 0 aliphatic rings. The molecule has 142 valence electrons. The van der Waals surface area contributed by atoms with Crippen LogP contribution in [-0.2, 0) is 11.7 Å². The molecule has 26 heavy (non-hydrogen) atoms. The van der Waals surface area contributed by atoms with E-state index in [2.05, 4.69) is 63.3 Å². The average molecular weight is 372 g/mol. The highest BCUT2D eigenvalue weighted by atomic mass is 31.1. The second kappa shape index (κ2) is 9.02. The molecule has 0 radical (unpaired) electrons. The highest BCUT2D eigenvalue weighted by Gasteiger charge is 2.34. The lowest BCUT2D eigenvalue weighted by molar-refractivity contribution is 0.438. The van der Waals surface area contributed by atoms with Gasteiger partial charge in [-0.3, -0.25) is 0 Å². The molecule has 2 aromatic rings. The molecule has 3 heteroatoms. The highest BCUT2D eigenvalue weighted by molar-refractivity contribution is 7.48. The number of hydrogen-bond acceptors (Lipinski definition) is 2. The van der Waals surface area contributed by atoms with Gasteiger partial charge in [-0.1, -0.05) is 64.7 Å². The van der Waals surface area contributed by atoms with Crippen LogP contribution < -0.4 is 10.6 Å². The Morgan fingerprint density at radius 1 is 1.08 bits per heavy atom. The predicted octanol–water partition coefficient (Wildman–Crippen LogP) is 5.45. The van der Waals surface area contributed by atoms with Crippen LogP contribution >= 0.6 is 8.58 Å². The van der Waals surface area contributed by atoms with E-state index < -0.39 is 0 Å². The molecule has 2 aromatic carbocycles. The quantitative estimate of drug-likeness (QED) is 0.605. The van der Waals surface area contributed by atoms with Crippen molar-refractivity contribution in [1.29, 1.82) is 0 Å². The van der Waals surface area contributed by atoms with Crippen LogP contribution in [0.25, 0.3) is 0 Å². The van der Waals surface area contributed by atoms with E-state index in [-0.39, 0.29) is 5.16 Å². The summed E-state index contributed by atoms with van der Waals surface area (Å²) in [6, 6.07) is 10.9. The van der Waals surface area contributed by atoms with E-state index >= 15 is 0 Å². The highest BCUT2D eigenvalue weighted by Crippen LogP contribution is 2.52. The van der Waals surface area contributed by atoms with Gasteiger partial charge in [0.2, 0.25) is 0 Å². The summed E-state index contributed by atoms with van der Waals surface area (Å²) in [5, 5.41) is 15.7. The van der Waals surface area contributed by atoms with Crippen molar-refractivity contribution >= 4 is 13.9 Å². The molecule has 2 nitrogen and oxygen atoms in total. The van der Waals surface area contributed by atoms with Crippen molar-refractivity contribution in [2.75, 3.05) is 7.05 Å². The van der Waals surface area contributed by atoms with Crippen molar-refractivity contribution in [2.45, 2.75) is 65.6 Å². The molecule has 0 amide bonds. The molecule has 0 spiro atoms. The van der Waals surface area contributed by atoms with Crippen LogP contribution in [0.1, 0.15) is 60.9 Å². The van der Waals surface area contributed by atoms with E-state index in [9.17, 15) is 5.11 Å². The standard InChI is InChI=1S/C23H34NOP/c1-7-12-23(8-2,20-14-16(3)13-18(5)21(20)25)26-22-17(4)10-9-11-19(22)15-24-6/h9-11,13-14,24-26H,7-8,12,15H2,1-6H3. The predicted molar refractivity (Wildman–Crippen MR) is 116 cm³/mol. The molecular weight excluding hydrogens is 337 g/mol. The molecule has 0 fully saturated rings. The maximum atomic E-state index is 10.9. The summed E-state index contributed by atoms with van der Waals surface area (Å²) in [6.07, 6.45) is 3.23. The molecule has 0 saturated carbocycles. The van der Waals surface area contributed by atoms with Crippen LogP contribution in [0.4, 0.5) is 0 Å². The van der Waals surface area contributed by atoms with Crippen LogP contribution in [0.3, 0.4) is 0 Å². The largest absolute Gasteiger partial charge is 0.507 e. The van der Waals surface area contributed by atoms with Gasteiger partial charge in [0.05, 0.1) is 0 Å². The van der Waals surface area contributed by atoms with Gasteiger partial charge >= 0.3 is 0 Å². The van der Waals surface area contributed by atoms with Crippen LogP contribution in [0.5, 0.6) is 5.75 Å². The zero-order valence-corrected chi connectivity index (χ0v) is 18.2. The number of benzene rings is 2. The second-order valence-corrected chi connectivity index (χ2v) is 9.14. The maximum absolute atomic E-state index is 10.9. The molecular formula is C23H34NOP. The van der Waals surface area contributed by atoms with Crippen molar-refractivity contribution in [1.82, 2.24) is 5.32 Å². The molecule has 0 aromatic heterocycles. The van der Waals surface area contributed by atoms with Gasteiger partial charge in [-0.05, 0) is 62.7 Å². The van der Waals surface area contributed by atoms with Gasteiger partial charge in [-0.2, -0.15) is 0 Å². The molecule has 0 aliphatic carbocycles. The van der Waals surface area contributed by atoms with Gasteiger partial charge in [0.15, 0.2) is 0 Å². The van der Waals surface area contributed by atoms with Crippen LogP contribution in [0, 0.1) is 20.8 Å². The van der Waals surface area contributed by atoms with Crippen molar-refractivity contribution in [3.63, 3.8) is 0 Å². The molecule has 0 bridgehead atoms. The minimum Gasteiger partial charge on any atom is -0.507 e. The third-order valence-electron chi connectivity index (χ3n) is 5.33. The van der Waals surface area contributed by atoms with Crippen LogP contribution in [0.2, 0.25) is 0 Å². The van der Waals surface area contributed by atoms with Crippen LogP contribution in [0.15, 0.2) is 30.3 Å². The lowest BCUT2D eigenvalue weighted by Gasteiger charge is -2.36. The maximum Gasteiger partial charge on any atom is 0.122 e. The van der Waals surface area contributed by atoms with E-state index in [1.165, 1.54) is 22.0 Å². The number of nitrogens with one attached hydrogen (secondary N) is 1. The van der Waals surface area contributed by atoms with Gasteiger partial charge in [0.25, 0.3) is 0 Å². The van der Waals surface area contributed by atoms with Gasteiger partial charge < -0.3 is 10.4 Å². The third kappa shape index (κ3) is 4.30. The number of aryl methyl sites for hydroxylation is 3. The molecule has 2 atom stereocenters. The number of hydrogen-bond donors (Lipinski definition) is 2. The second-order valence-electron chi connectivity index (χ2n) is 7.43. The molecule has 0 aliphatic heterocycles. The zero-order chi connectivity index (χ0) is 19.3. The summed E-state index contributed by atoms with van der Waals surface area (Å²) < 4.78 is 0. The summed E-state index contributed by atoms with van der Waals surface area (Å²) >= 11 is 0. The monoisotopic (exact) mass is 371 g/mol. The van der Waals surface area contributed by atoms with Gasteiger partial charge in [0, 0.05) is 17.3 Å². The SMILES string of the molecule is CCCC(CC)(Pc1c(C)cccc1CNC)c1cc(C)cc(C)c1O. The molecule has 0 heterocycles. The molecule has 2 unspecified atom stereocenters. The Morgan fingerprint density at radius 3 is 2.42 bits per heavy atom. The topological polar surface area (TPSA) is 32.3 Å². The van der Waals surface area contributed by atoms with Crippen molar-refractivity contribution < 1.29 is 5.11 Å². The fourth-order valence-corrected chi connectivity index (χ4v) is 5.92. The van der Waals surface area contributed by atoms with Crippen molar-refractivity contribution in [3.05, 3.63) is 58.1 Å². The molecule has 2 rings (SSSR count). The summed E-state index contributed by atoms with van der Waals surface area (Å²) in [5.41, 5.74) is 6.09. The Hall–Kier alpha value is -1.37. The van der Waals surface area contributed by atoms with E-state index in [4.69, 9.17) is 0 Å². The smallest absolute Gasteiger partial charge is 0.122 e. The lowest BCUT2D eigenvalue weighted by atomic mass is 9.88. The zero-order valence-electron chi connectivity index (χ0n) is 17.2. The minimum atomic E-state index is -0.00970. The first-order valence-electron chi connectivity index (χ1n) is 9.70. The van der Waals surface area contributed by atoms with E-state index in [0.29, 0.717) is 14.3 Å². The van der Waals surface area contributed by atoms with Gasteiger partial charge in [0.1, 0.15) is 5.75 Å². The first-order valence-corrected chi connectivity index (χ1v) is 10.7. The number of rotatable bonds is 8. The Kier molecular flexibility index (Phi) is 7.26. The Bertz CT molecular complexity index is 756. The van der Waals surface area contributed by atoms with Gasteiger partial charge in [-0.25, -0.2) is 0 Å². The number of phenols is 1. The first-order chi connectivity index (χ1) is 12.4. The first kappa shape index (κ1) is 20.9. The normalized spacial score (nSPS) is 14.1. The third-order valence-corrected chi connectivity index (χ3v) is 7.65. The van der Waals surface area contributed by atoms with Crippen molar-refractivity contribution in [2.24, 2.45) is 0 Å². The summed E-state index contributed by atoms with van der Waals surface area (Å²) in [4.78, 5) is 0. The fourth-order valence-electron chi connectivity index (χ4n) is 3.96. The Balaban J connectivity index is 2.63. The van der Waals surface area contributed by atoms with E-state index in [1.54, 1.807) is 0 Å². The Morgan fingerprint density at radius 2 is 1.81 bits per heavy atom. The number of phenolic OH excluding ortho intramolecular Hbond substituents is 1. The van der Waals surface area contributed by atoms with Crippen LogP contribution in [-0.4, -0.2) is 12.2 Å². The Labute approximate surface area is 161 Å². The fraction of sp³-hybridized carbons (Fsp3) is 0.478. The van der Waals surface area contributed by atoms with E-state index in [1.807, 2.05) is 14.0 Å². The van der Waals surface area contributed by atoms with E-state index in [0.717, 1.165) is 36.9 Å².